The Balaban J connectivity index is 1.40. The molecule has 0 radical (unpaired) electrons. The molecule has 0 aliphatic carbocycles. The van der Waals surface area contributed by atoms with Gasteiger partial charge < -0.3 is 14.8 Å². The molecule has 2 saturated heterocycles. The summed E-state index contributed by atoms with van der Waals surface area (Å²) >= 11 is 1.66. The number of nitrogens with one attached hydrogen (secondary N) is 1. The Morgan fingerprint density at radius 1 is 1.41 bits per heavy atom. The first-order chi connectivity index (χ1) is 13.2. The molecular weight excluding hydrogens is 360 g/mol. The average molecular weight is 387 g/mol. The topological polar surface area (TPSA) is 69.3 Å². The summed E-state index contributed by atoms with van der Waals surface area (Å²) in [7, 11) is 0. The minimum absolute atomic E-state index is 0.144. The van der Waals surface area contributed by atoms with E-state index in [1.807, 2.05) is 22.5 Å². The maximum Gasteiger partial charge on any atom is 0.254 e. The predicted molar refractivity (Wildman–Crippen MR) is 105 cm³/mol. The van der Waals surface area contributed by atoms with Gasteiger partial charge in [0.1, 0.15) is 0 Å². The van der Waals surface area contributed by atoms with Crippen molar-refractivity contribution in [3.63, 3.8) is 0 Å². The number of aromatic nitrogens is 2. The van der Waals surface area contributed by atoms with Crippen LogP contribution in [0.15, 0.2) is 24.0 Å². The van der Waals surface area contributed by atoms with Crippen LogP contribution in [-0.4, -0.2) is 57.3 Å². The molecule has 0 saturated carbocycles. The summed E-state index contributed by atoms with van der Waals surface area (Å²) in [5, 5.41) is 1.98. The molecule has 1 N–H and O–H groups in total. The molecule has 0 bridgehead atoms. The van der Waals surface area contributed by atoms with Crippen LogP contribution in [0, 0.1) is 5.92 Å². The fourth-order valence-corrected chi connectivity index (χ4v) is 5.16. The standard InChI is InChI=1S/C20H26N4O2S/c1-2-17-9-15(12-27-17)20(26)23-7-6-18-14(11-23)3-4-19(25)24(18)8-5-16-10-21-13-22-16/h9-10,12-14,18H,2-8,11H2,1H3,(H,21,22)/t14-,18+/m0/s1. The van der Waals surface area contributed by atoms with Gasteiger partial charge in [0.15, 0.2) is 0 Å². The molecule has 2 aromatic heterocycles. The Morgan fingerprint density at radius 3 is 3.04 bits per heavy atom. The molecule has 4 rings (SSSR count). The molecular formula is C20H26N4O2S. The summed E-state index contributed by atoms with van der Waals surface area (Å²) in [5.41, 5.74) is 1.88. The van der Waals surface area contributed by atoms with E-state index in [0.717, 1.165) is 56.6 Å². The molecule has 2 amide bonds. The smallest absolute Gasteiger partial charge is 0.254 e. The normalized spacial score (nSPS) is 22.8. The number of carbonyl (C=O) groups excluding carboxylic acids is 2. The summed E-state index contributed by atoms with van der Waals surface area (Å²) in [6.45, 7) is 4.32. The Morgan fingerprint density at radius 2 is 2.30 bits per heavy atom. The van der Waals surface area contributed by atoms with Crippen molar-refractivity contribution in [2.75, 3.05) is 19.6 Å². The van der Waals surface area contributed by atoms with Crippen molar-refractivity contribution < 1.29 is 9.59 Å². The zero-order valence-electron chi connectivity index (χ0n) is 15.7. The van der Waals surface area contributed by atoms with Gasteiger partial charge in [-0.2, -0.15) is 0 Å². The van der Waals surface area contributed by atoms with E-state index in [1.165, 1.54) is 4.88 Å². The molecule has 27 heavy (non-hydrogen) atoms. The van der Waals surface area contributed by atoms with Gasteiger partial charge in [-0.3, -0.25) is 9.59 Å². The minimum Gasteiger partial charge on any atom is -0.348 e. The van der Waals surface area contributed by atoms with Gasteiger partial charge in [0.2, 0.25) is 5.91 Å². The molecule has 2 aliphatic heterocycles. The van der Waals surface area contributed by atoms with E-state index in [4.69, 9.17) is 0 Å². The highest BCUT2D eigenvalue weighted by Gasteiger charge is 2.40. The first kappa shape index (κ1) is 18.2. The fraction of sp³-hybridized carbons (Fsp3) is 0.550. The summed E-state index contributed by atoms with van der Waals surface area (Å²) in [4.78, 5) is 37.8. The molecule has 2 fully saturated rings. The summed E-state index contributed by atoms with van der Waals surface area (Å²) in [6.07, 6.45) is 7.60. The van der Waals surface area contributed by atoms with Gasteiger partial charge >= 0.3 is 0 Å². The number of likely N-dealkylation sites (tertiary alicyclic amines) is 2. The highest BCUT2D eigenvalue weighted by atomic mass is 32.1. The predicted octanol–water partition coefficient (Wildman–Crippen LogP) is 2.73. The Labute approximate surface area is 163 Å². The number of nitrogens with zero attached hydrogens (tertiary/aromatic N) is 3. The van der Waals surface area contributed by atoms with Crippen LogP contribution in [0.3, 0.4) is 0 Å². The summed E-state index contributed by atoms with van der Waals surface area (Å²) in [5.74, 6) is 0.776. The lowest BCUT2D eigenvalue weighted by atomic mass is 9.83. The summed E-state index contributed by atoms with van der Waals surface area (Å²) in [6, 6.07) is 2.28. The lowest BCUT2D eigenvalue weighted by Crippen LogP contribution is -2.57. The lowest BCUT2D eigenvalue weighted by molar-refractivity contribution is -0.140. The molecule has 6 nitrogen and oxygen atoms in total. The second kappa shape index (κ2) is 7.84. The largest absolute Gasteiger partial charge is 0.348 e. The number of amides is 2. The van der Waals surface area contributed by atoms with Crippen LogP contribution >= 0.6 is 11.3 Å². The van der Waals surface area contributed by atoms with Crippen molar-refractivity contribution in [1.82, 2.24) is 19.8 Å². The van der Waals surface area contributed by atoms with Crippen molar-refractivity contribution in [3.05, 3.63) is 40.1 Å². The number of hydrogen-bond acceptors (Lipinski definition) is 4. The maximum atomic E-state index is 12.9. The van der Waals surface area contributed by atoms with E-state index in [2.05, 4.69) is 21.8 Å². The number of piperidine rings is 2. The monoisotopic (exact) mass is 386 g/mol. The molecule has 7 heteroatoms. The van der Waals surface area contributed by atoms with Crippen LogP contribution in [0.4, 0.5) is 0 Å². The zero-order valence-corrected chi connectivity index (χ0v) is 16.5. The van der Waals surface area contributed by atoms with Gasteiger partial charge in [0.25, 0.3) is 5.91 Å². The van der Waals surface area contributed by atoms with Crippen LogP contribution in [0.25, 0.3) is 0 Å². The average Bonchev–Trinajstić information content (AvgIpc) is 3.38. The molecule has 2 aromatic rings. The molecule has 144 valence electrons. The van der Waals surface area contributed by atoms with Crippen molar-refractivity contribution in [1.29, 1.82) is 0 Å². The quantitative estimate of drug-likeness (QED) is 0.859. The molecule has 0 spiro atoms. The van der Waals surface area contributed by atoms with E-state index < -0.39 is 0 Å². The molecule has 2 atom stereocenters. The van der Waals surface area contributed by atoms with Crippen molar-refractivity contribution in [2.45, 2.75) is 45.1 Å². The second-order valence-electron chi connectivity index (χ2n) is 7.48. The van der Waals surface area contributed by atoms with E-state index in [0.29, 0.717) is 12.3 Å². The second-order valence-corrected chi connectivity index (χ2v) is 8.47. The third-order valence-corrected chi connectivity index (χ3v) is 6.94. The first-order valence-corrected chi connectivity index (χ1v) is 10.7. The Kier molecular flexibility index (Phi) is 5.29. The van der Waals surface area contributed by atoms with Gasteiger partial charge in [-0.05, 0) is 31.2 Å². The van der Waals surface area contributed by atoms with Crippen LogP contribution in [-0.2, 0) is 17.6 Å². The van der Waals surface area contributed by atoms with Gasteiger partial charge in [-0.15, -0.1) is 11.3 Å². The van der Waals surface area contributed by atoms with Crippen LogP contribution in [0.2, 0.25) is 0 Å². The number of imidazole rings is 1. The summed E-state index contributed by atoms with van der Waals surface area (Å²) < 4.78 is 0. The van der Waals surface area contributed by atoms with Gasteiger partial charge in [0, 0.05) is 60.7 Å². The number of aromatic amines is 1. The van der Waals surface area contributed by atoms with Crippen molar-refractivity contribution >= 4 is 23.2 Å². The number of rotatable bonds is 5. The number of fused-ring (bicyclic) bond motifs is 1. The molecule has 0 aromatic carbocycles. The van der Waals surface area contributed by atoms with Crippen LogP contribution in [0.1, 0.15) is 47.1 Å². The zero-order chi connectivity index (χ0) is 18.8. The number of carbonyl (C=O) groups is 2. The SMILES string of the molecule is CCc1cc(C(=O)N2CC[C@@H]3[C@@H](CCC(=O)N3CCc3cnc[nH]3)C2)cs1. The molecule has 0 unspecified atom stereocenters. The van der Waals surface area contributed by atoms with Crippen molar-refractivity contribution in [3.8, 4) is 0 Å². The lowest BCUT2D eigenvalue weighted by Gasteiger charge is -2.47. The van der Waals surface area contributed by atoms with E-state index in [9.17, 15) is 9.59 Å². The highest BCUT2D eigenvalue weighted by molar-refractivity contribution is 7.10. The van der Waals surface area contributed by atoms with Gasteiger partial charge in [0.05, 0.1) is 11.9 Å². The number of aryl methyl sites for hydroxylation is 1. The van der Waals surface area contributed by atoms with E-state index >= 15 is 0 Å². The number of thiophene rings is 1. The maximum absolute atomic E-state index is 12.9. The molecule has 4 heterocycles. The third-order valence-electron chi connectivity index (χ3n) is 5.86. The van der Waals surface area contributed by atoms with E-state index in [1.54, 1.807) is 17.7 Å². The van der Waals surface area contributed by atoms with Crippen molar-refractivity contribution in [2.24, 2.45) is 5.92 Å². The van der Waals surface area contributed by atoms with E-state index in [-0.39, 0.29) is 17.9 Å². The third kappa shape index (κ3) is 3.78. The van der Waals surface area contributed by atoms with Gasteiger partial charge in [-0.1, -0.05) is 6.92 Å². The number of hydrogen-bond donors (Lipinski definition) is 1. The Bertz CT molecular complexity index is 801. The highest BCUT2D eigenvalue weighted by Crippen LogP contribution is 2.32. The fourth-order valence-electron chi connectivity index (χ4n) is 4.35. The van der Waals surface area contributed by atoms with Gasteiger partial charge in [-0.25, -0.2) is 4.98 Å². The van der Waals surface area contributed by atoms with Crippen LogP contribution in [0.5, 0.6) is 0 Å². The first-order valence-electron chi connectivity index (χ1n) is 9.79. The molecule has 2 aliphatic rings. The number of H-pyrrole nitrogens is 1. The van der Waals surface area contributed by atoms with Crippen LogP contribution < -0.4 is 0 Å². The Hall–Kier alpha value is -2.15. The minimum atomic E-state index is 0.144.